The molecule has 96 valence electrons. The number of alkyl halides is 3. The summed E-state index contributed by atoms with van der Waals surface area (Å²) in [4.78, 5) is 7.65. The summed E-state index contributed by atoms with van der Waals surface area (Å²) >= 11 is 0. The van der Waals surface area contributed by atoms with Crippen LogP contribution < -0.4 is 5.32 Å². The first-order valence-corrected chi connectivity index (χ1v) is 5.24. The highest BCUT2D eigenvalue weighted by molar-refractivity contribution is 5.22. The lowest BCUT2D eigenvalue weighted by Gasteiger charge is -2.19. The molecule has 1 aromatic rings. The van der Waals surface area contributed by atoms with Gasteiger partial charge in [-0.25, -0.2) is 9.97 Å². The standard InChI is InChI=1S/C11H16F3N3/c1-10(2,3)9-16-6-7(5-15-4)8(17-9)11(12,13)14/h6,15H,5H2,1-4H3. The fourth-order valence-corrected chi connectivity index (χ4v) is 1.33. The Kier molecular flexibility index (Phi) is 3.76. The minimum absolute atomic E-state index is 0.0630. The number of rotatable bonds is 2. The molecule has 0 amide bonds. The molecule has 0 aliphatic carbocycles. The van der Waals surface area contributed by atoms with E-state index >= 15 is 0 Å². The molecular weight excluding hydrogens is 231 g/mol. The van der Waals surface area contributed by atoms with E-state index in [9.17, 15) is 13.2 Å². The van der Waals surface area contributed by atoms with Crippen molar-refractivity contribution in [2.45, 2.75) is 38.9 Å². The molecule has 0 bridgehead atoms. The van der Waals surface area contributed by atoms with Crippen LogP contribution in [0.25, 0.3) is 0 Å². The van der Waals surface area contributed by atoms with E-state index in [0.717, 1.165) is 0 Å². The van der Waals surface area contributed by atoms with E-state index in [1.54, 1.807) is 27.8 Å². The van der Waals surface area contributed by atoms with Crippen molar-refractivity contribution in [3.05, 3.63) is 23.3 Å². The topological polar surface area (TPSA) is 37.8 Å². The fraction of sp³-hybridized carbons (Fsp3) is 0.636. The Morgan fingerprint density at radius 2 is 1.82 bits per heavy atom. The lowest BCUT2D eigenvalue weighted by atomic mass is 9.95. The van der Waals surface area contributed by atoms with Crippen molar-refractivity contribution in [3.8, 4) is 0 Å². The number of halogens is 3. The van der Waals surface area contributed by atoms with Gasteiger partial charge in [0.15, 0.2) is 5.69 Å². The van der Waals surface area contributed by atoms with Gasteiger partial charge >= 0.3 is 6.18 Å². The van der Waals surface area contributed by atoms with E-state index in [0.29, 0.717) is 0 Å². The van der Waals surface area contributed by atoms with E-state index < -0.39 is 17.3 Å². The van der Waals surface area contributed by atoms with E-state index in [1.807, 2.05) is 0 Å². The molecule has 3 nitrogen and oxygen atoms in total. The second kappa shape index (κ2) is 4.60. The van der Waals surface area contributed by atoms with Gasteiger partial charge in [-0.05, 0) is 7.05 Å². The zero-order valence-corrected chi connectivity index (χ0v) is 10.3. The molecule has 17 heavy (non-hydrogen) atoms. The lowest BCUT2D eigenvalue weighted by molar-refractivity contribution is -0.142. The average Bonchev–Trinajstić information content (AvgIpc) is 2.15. The van der Waals surface area contributed by atoms with Crippen LogP contribution in [0.5, 0.6) is 0 Å². The molecule has 0 fully saturated rings. The molecule has 0 saturated carbocycles. The molecule has 0 radical (unpaired) electrons. The SMILES string of the molecule is CNCc1cnc(C(C)(C)C)nc1C(F)(F)F. The molecule has 1 aromatic heterocycles. The summed E-state index contributed by atoms with van der Waals surface area (Å²) in [6.07, 6.45) is -3.21. The van der Waals surface area contributed by atoms with Crippen molar-refractivity contribution < 1.29 is 13.2 Å². The first kappa shape index (κ1) is 13.9. The van der Waals surface area contributed by atoms with Gasteiger partial charge in [-0.3, -0.25) is 0 Å². The number of aromatic nitrogens is 2. The van der Waals surface area contributed by atoms with Crippen LogP contribution in [0.4, 0.5) is 13.2 Å². The van der Waals surface area contributed by atoms with Crippen LogP contribution in [-0.2, 0) is 18.1 Å². The molecule has 0 spiro atoms. The lowest BCUT2D eigenvalue weighted by Crippen LogP contribution is -2.23. The summed E-state index contributed by atoms with van der Waals surface area (Å²) in [5.74, 6) is 0.199. The second-order valence-electron chi connectivity index (χ2n) is 4.85. The van der Waals surface area contributed by atoms with Gasteiger partial charge in [-0.2, -0.15) is 13.2 Å². The average molecular weight is 247 g/mol. The van der Waals surface area contributed by atoms with Crippen LogP contribution in [0.15, 0.2) is 6.20 Å². The van der Waals surface area contributed by atoms with Crippen LogP contribution in [0.3, 0.4) is 0 Å². The van der Waals surface area contributed by atoms with Gasteiger partial charge in [-0.1, -0.05) is 20.8 Å². The maximum atomic E-state index is 12.8. The third kappa shape index (κ3) is 3.39. The minimum atomic E-state index is -4.45. The molecule has 1 rings (SSSR count). The summed E-state index contributed by atoms with van der Waals surface area (Å²) < 4.78 is 38.5. The maximum absolute atomic E-state index is 12.8. The predicted molar refractivity (Wildman–Crippen MR) is 58.5 cm³/mol. The predicted octanol–water partition coefficient (Wildman–Crippen LogP) is 2.51. The van der Waals surface area contributed by atoms with Crippen molar-refractivity contribution in [3.63, 3.8) is 0 Å². The Morgan fingerprint density at radius 1 is 1.24 bits per heavy atom. The first-order valence-electron chi connectivity index (χ1n) is 5.24. The summed E-state index contributed by atoms with van der Waals surface area (Å²) in [7, 11) is 1.58. The van der Waals surface area contributed by atoms with Crippen LogP contribution in [0.2, 0.25) is 0 Å². The van der Waals surface area contributed by atoms with Crippen LogP contribution >= 0.6 is 0 Å². The van der Waals surface area contributed by atoms with Crippen molar-refractivity contribution in [2.75, 3.05) is 7.05 Å². The Morgan fingerprint density at radius 3 is 2.24 bits per heavy atom. The zero-order valence-electron chi connectivity index (χ0n) is 10.3. The number of nitrogens with one attached hydrogen (secondary N) is 1. The highest BCUT2D eigenvalue weighted by Crippen LogP contribution is 2.31. The quantitative estimate of drug-likeness (QED) is 0.872. The second-order valence-corrected chi connectivity index (χ2v) is 4.85. The van der Waals surface area contributed by atoms with E-state index in [-0.39, 0.29) is 17.9 Å². The van der Waals surface area contributed by atoms with Gasteiger partial charge in [0.1, 0.15) is 5.82 Å². The zero-order chi connectivity index (χ0) is 13.3. The molecule has 0 unspecified atom stereocenters. The van der Waals surface area contributed by atoms with Gasteiger partial charge in [0, 0.05) is 23.7 Å². The van der Waals surface area contributed by atoms with Gasteiger partial charge in [0.25, 0.3) is 0 Å². The Labute approximate surface area is 98.5 Å². The molecule has 6 heteroatoms. The number of nitrogens with zero attached hydrogens (tertiary/aromatic N) is 2. The molecule has 0 aliphatic heterocycles. The largest absolute Gasteiger partial charge is 0.433 e. The molecule has 0 aromatic carbocycles. The van der Waals surface area contributed by atoms with Crippen LogP contribution in [0.1, 0.15) is 37.9 Å². The van der Waals surface area contributed by atoms with Crippen molar-refractivity contribution in [1.82, 2.24) is 15.3 Å². The van der Waals surface area contributed by atoms with Gasteiger partial charge in [-0.15, -0.1) is 0 Å². The van der Waals surface area contributed by atoms with Gasteiger partial charge in [0.05, 0.1) is 0 Å². The van der Waals surface area contributed by atoms with Crippen molar-refractivity contribution in [2.24, 2.45) is 0 Å². The molecule has 1 N–H and O–H groups in total. The molecule has 0 saturated heterocycles. The number of hydrogen-bond donors (Lipinski definition) is 1. The third-order valence-electron chi connectivity index (χ3n) is 2.17. The Hall–Kier alpha value is -1.17. The highest BCUT2D eigenvalue weighted by Gasteiger charge is 2.36. The normalized spacial score (nSPS) is 12.9. The maximum Gasteiger partial charge on any atom is 0.433 e. The fourth-order valence-electron chi connectivity index (χ4n) is 1.33. The smallest absolute Gasteiger partial charge is 0.316 e. The molecular formula is C11H16F3N3. The monoisotopic (exact) mass is 247 g/mol. The number of hydrogen-bond acceptors (Lipinski definition) is 3. The van der Waals surface area contributed by atoms with Crippen molar-refractivity contribution in [1.29, 1.82) is 0 Å². The Balaban J connectivity index is 3.30. The summed E-state index contributed by atoms with van der Waals surface area (Å²) in [6.45, 7) is 5.43. The van der Waals surface area contributed by atoms with Gasteiger partial charge in [0.2, 0.25) is 0 Å². The third-order valence-corrected chi connectivity index (χ3v) is 2.17. The summed E-state index contributed by atoms with van der Waals surface area (Å²) in [5.41, 5.74) is -1.29. The van der Waals surface area contributed by atoms with E-state index in [2.05, 4.69) is 15.3 Å². The first-order chi connectivity index (χ1) is 7.66. The van der Waals surface area contributed by atoms with E-state index in [4.69, 9.17) is 0 Å². The van der Waals surface area contributed by atoms with E-state index in [1.165, 1.54) is 6.20 Å². The van der Waals surface area contributed by atoms with Crippen LogP contribution in [0, 0.1) is 0 Å². The van der Waals surface area contributed by atoms with Crippen LogP contribution in [-0.4, -0.2) is 17.0 Å². The Bertz CT molecular complexity index is 394. The molecule has 0 aliphatic rings. The van der Waals surface area contributed by atoms with Gasteiger partial charge < -0.3 is 5.32 Å². The highest BCUT2D eigenvalue weighted by atomic mass is 19.4. The minimum Gasteiger partial charge on any atom is -0.316 e. The summed E-state index contributed by atoms with van der Waals surface area (Å²) in [6, 6.07) is 0. The molecule has 0 atom stereocenters. The molecule has 1 heterocycles. The summed E-state index contributed by atoms with van der Waals surface area (Å²) in [5, 5.41) is 2.67. The van der Waals surface area contributed by atoms with Crippen molar-refractivity contribution >= 4 is 0 Å².